The standard InChI is InChI=1S/C11H17NO2S/c1-13-9-7-11(15-3)10(14-2)6-8(9)4-5-12/h6-7H,4-5,12H2,1-3H3/i1D3,2D3. The van der Waals surface area contributed by atoms with E-state index in [1.54, 1.807) is 6.26 Å². The molecule has 0 spiro atoms. The molecule has 0 aliphatic rings. The molecule has 0 atom stereocenters. The zero-order valence-electron chi connectivity index (χ0n) is 14.4. The second-order valence-electron chi connectivity index (χ2n) is 2.85. The van der Waals surface area contributed by atoms with Crippen LogP contribution in [0.15, 0.2) is 17.0 Å². The highest BCUT2D eigenvalue weighted by molar-refractivity contribution is 7.98. The first-order valence-electron chi connectivity index (χ1n) is 7.35. The summed E-state index contributed by atoms with van der Waals surface area (Å²) < 4.78 is 52.9. The lowest BCUT2D eigenvalue weighted by atomic mass is 10.1. The lowest BCUT2D eigenvalue weighted by Gasteiger charge is -2.13. The molecular weight excluding hydrogens is 210 g/mol. The van der Waals surface area contributed by atoms with Gasteiger partial charge in [-0.05, 0) is 36.9 Å². The molecule has 0 aliphatic carbocycles. The maximum Gasteiger partial charge on any atom is 0.132 e. The summed E-state index contributed by atoms with van der Waals surface area (Å²) in [4.78, 5) is 0.478. The molecule has 0 aliphatic heterocycles. The van der Waals surface area contributed by atoms with Gasteiger partial charge in [-0.15, -0.1) is 11.8 Å². The molecule has 0 bridgehead atoms. The van der Waals surface area contributed by atoms with Gasteiger partial charge in [-0.25, -0.2) is 0 Å². The van der Waals surface area contributed by atoms with E-state index >= 15 is 0 Å². The molecule has 0 fully saturated rings. The molecule has 0 saturated carbocycles. The van der Waals surface area contributed by atoms with Gasteiger partial charge in [-0.3, -0.25) is 0 Å². The Balaban J connectivity index is 3.26. The van der Waals surface area contributed by atoms with Crippen LogP contribution in [0.4, 0.5) is 0 Å². The third-order valence-electron chi connectivity index (χ3n) is 1.98. The number of methoxy groups -OCH3 is 2. The van der Waals surface area contributed by atoms with E-state index in [9.17, 15) is 0 Å². The average Bonchev–Trinajstić information content (AvgIpc) is 2.29. The normalized spacial score (nSPS) is 17.7. The summed E-state index contributed by atoms with van der Waals surface area (Å²) in [5, 5.41) is 0. The number of ether oxygens (including phenoxy) is 2. The Morgan fingerprint density at radius 3 is 2.67 bits per heavy atom. The third kappa shape index (κ3) is 2.79. The van der Waals surface area contributed by atoms with Crippen molar-refractivity contribution in [3.63, 3.8) is 0 Å². The van der Waals surface area contributed by atoms with Crippen LogP contribution in [-0.4, -0.2) is 26.9 Å². The summed E-state index contributed by atoms with van der Waals surface area (Å²) in [6, 6.07) is 2.93. The fourth-order valence-corrected chi connectivity index (χ4v) is 1.80. The number of thioether (sulfide) groups is 1. The summed E-state index contributed by atoms with van der Waals surface area (Å²) in [7, 11) is -5.18. The smallest absolute Gasteiger partial charge is 0.132 e. The molecule has 2 N–H and O–H groups in total. The summed E-state index contributed by atoms with van der Waals surface area (Å²) in [6.45, 7) is 0.267. The zero-order chi connectivity index (χ0) is 16.3. The predicted molar refractivity (Wildman–Crippen MR) is 64.1 cm³/mol. The van der Waals surface area contributed by atoms with Crippen molar-refractivity contribution in [3.8, 4) is 11.5 Å². The maximum absolute atomic E-state index is 7.18. The van der Waals surface area contributed by atoms with Crippen LogP contribution in [0, 0.1) is 0 Å². The fourth-order valence-electron chi connectivity index (χ4n) is 1.27. The van der Waals surface area contributed by atoms with E-state index in [2.05, 4.69) is 0 Å². The van der Waals surface area contributed by atoms with Gasteiger partial charge in [0.15, 0.2) is 0 Å². The first-order chi connectivity index (χ1) is 9.55. The molecule has 1 rings (SSSR count). The highest BCUT2D eigenvalue weighted by Gasteiger charge is 2.09. The van der Waals surface area contributed by atoms with Crippen LogP contribution in [-0.2, 0) is 6.42 Å². The van der Waals surface area contributed by atoms with Crippen LogP contribution in [0.25, 0.3) is 0 Å². The number of rotatable bonds is 5. The predicted octanol–water partition coefficient (Wildman–Crippen LogP) is 1.93. The fraction of sp³-hybridized carbons (Fsp3) is 0.455. The van der Waals surface area contributed by atoms with Crippen LogP contribution in [0.2, 0.25) is 0 Å². The molecule has 0 aromatic heterocycles. The van der Waals surface area contributed by atoms with E-state index in [4.69, 9.17) is 23.4 Å². The first-order valence-corrected chi connectivity index (χ1v) is 5.57. The quantitative estimate of drug-likeness (QED) is 0.789. The van der Waals surface area contributed by atoms with Gasteiger partial charge >= 0.3 is 0 Å². The van der Waals surface area contributed by atoms with Gasteiger partial charge in [-0.2, -0.15) is 0 Å². The Bertz CT molecular complexity index is 489. The maximum atomic E-state index is 7.18. The van der Waals surface area contributed by atoms with Crippen molar-refractivity contribution in [2.24, 2.45) is 5.73 Å². The van der Waals surface area contributed by atoms with E-state index in [0.29, 0.717) is 16.9 Å². The first kappa shape index (κ1) is 6.01. The summed E-state index contributed by atoms with van der Waals surface area (Å²) >= 11 is 1.23. The van der Waals surface area contributed by atoms with Gasteiger partial charge < -0.3 is 15.2 Å². The minimum absolute atomic E-state index is 0.155. The molecule has 15 heavy (non-hydrogen) atoms. The van der Waals surface area contributed by atoms with E-state index in [0.717, 1.165) is 0 Å². The topological polar surface area (TPSA) is 44.5 Å². The molecule has 0 amide bonds. The Morgan fingerprint density at radius 2 is 2.07 bits per heavy atom. The van der Waals surface area contributed by atoms with Crippen molar-refractivity contribution in [1.82, 2.24) is 0 Å². The van der Waals surface area contributed by atoms with Crippen LogP contribution in [0.5, 0.6) is 11.5 Å². The summed E-state index contributed by atoms with van der Waals surface area (Å²) in [5.74, 6) is 0.312. The number of hydrogen-bond acceptors (Lipinski definition) is 4. The van der Waals surface area contributed by atoms with E-state index in [-0.39, 0.29) is 18.0 Å². The van der Waals surface area contributed by atoms with Gasteiger partial charge in [0.25, 0.3) is 0 Å². The highest BCUT2D eigenvalue weighted by atomic mass is 32.2. The Labute approximate surface area is 103 Å². The molecule has 3 nitrogen and oxygen atoms in total. The van der Waals surface area contributed by atoms with Gasteiger partial charge in [0.1, 0.15) is 11.5 Å². The molecule has 84 valence electrons. The van der Waals surface area contributed by atoms with E-state index < -0.39 is 14.1 Å². The molecule has 0 unspecified atom stereocenters. The molecule has 0 radical (unpaired) electrons. The monoisotopic (exact) mass is 233 g/mol. The molecular formula is C11H17NO2S. The lowest BCUT2D eigenvalue weighted by molar-refractivity contribution is 0.390. The second-order valence-corrected chi connectivity index (χ2v) is 3.70. The highest BCUT2D eigenvalue weighted by Crippen LogP contribution is 2.34. The minimum atomic E-state index is -2.59. The number of hydrogen-bond donors (Lipinski definition) is 1. The van der Waals surface area contributed by atoms with Gasteiger partial charge in [-0.1, -0.05) is 0 Å². The van der Waals surface area contributed by atoms with E-state index in [1.807, 2.05) is 0 Å². The number of benzene rings is 1. The molecule has 1 aromatic carbocycles. The Morgan fingerprint density at radius 1 is 1.33 bits per heavy atom. The van der Waals surface area contributed by atoms with Crippen molar-refractivity contribution in [3.05, 3.63) is 17.7 Å². The third-order valence-corrected chi connectivity index (χ3v) is 2.74. The van der Waals surface area contributed by atoms with Crippen molar-refractivity contribution < 1.29 is 17.7 Å². The van der Waals surface area contributed by atoms with Crippen molar-refractivity contribution in [2.45, 2.75) is 11.3 Å². The Hall–Kier alpha value is -0.870. The summed E-state index contributed by atoms with van der Waals surface area (Å²) in [6.07, 6.45) is 2.07. The van der Waals surface area contributed by atoms with Gasteiger partial charge in [0.05, 0.1) is 27.2 Å². The SMILES string of the molecule is [2H]C([2H])([2H])Oc1cc(SC)c(OC([2H])([2H])[2H])cc1CCN. The van der Waals surface area contributed by atoms with Crippen molar-refractivity contribution in [2.75, 3.05) is 26.9 Å². The average molecular weight is 233 g/mol. The van der Waals surface area contributed by atoms with E-state index in [1.165, 1.54) is 23.9 Å². The summed E-state index contributed by atoms with van der Waals surface area (Å²) in [5.41, 5.74) is 5.98. The van der Waals surface area contributed by atoms with Crippen LogP contribution < -0.4 is 15.2 Å². The second kappa shape index (κ2) is 5.88. The molecule has 0 heterocycles. The lowest BCUT2D eigenvalue weighted by Crippen LogP contribution is -2.05. The largest absolute Gasteiger partial charge is 0.496 e. The van der Waals surface area contributed by atoms with Gasteiger partial charge in [0.2, 0.25) is 0 Å². The van der Waals surface area contributed by atoms with Gasteiger partial charge in [0, 0.05) is 0 Å². The molecule has 1 aromatic rings. The van der Waals surface area contributed by atoms with Crippen molar-refractivity contribution in [1.29, 1.82) is 0 Å². The van der Waals surface area contributed by atoms with Crippen LogP contribution >= 0.6 is 11.8 Å². The zero-order valence-corrected chi connectivity index (χ0v) is 9.19. The van der Waals surface area contributed by atoms with Crippen LogP contribution in [0.1, 0.15) is 13.8 Å². The van der Waals surface area contributed by atoms with Crippen molar-refractivity contribution >= 4 is 11.8 Å². The van der Waals surface area contributed by atoms with Crippen LogP contribution in [0.3, 0.4) is 0 Å². The minimum Gasteiger partial charge on any atom is -0.496 e. The Kier molecular flexibility index (Phi) is 2.36. The number of nitrogens with two attached hydrogens (primary N) is 1. The molecule has 4 heteroatoms. The molecule has 0 saturated heterocycles.